The van der Waals surface area contributed by atoms with E-state index in [0.29, 0.717) is 38.0 Å². The van der Waals surface area contributed by atoms with Gasteiger partial charge >= 0.3 is 5.97 Å². The van der Waals surface area contributed by atoms with E-state index in [1.807, 2.05) is 60.0 Å². The number of hydrogen-bond donors (Lipinski definition) is 0. The fourth-order valence-electron chi connectivity index (χ4n) is 4.25. The number of fused-ring (bicyclic) bond motifs is 1. The zero-order valence-electron chi connectivity index (χ0n) is 20.7. The molecule has 11 heteroatoms. The number of halogens is 3. The van der Waals surface area contributed by atoms with E-state index in [1.165, 1.54) is 22.7 Å². The van der Waals surface area contributed by atoms with E-state index in [0.717, 1.165) is 23.1 Å². The topological polar surface area (TPSA) is 69.9 Å². The lowest BCUT2D eigenvalue weighted by Gasteiger charge is -2.23. The van der Waals surface area contributed by atoms with Crippen LogP contribution in [0.1, 0.15) is 35.9 Å². The number of allylic oxidation sites excluding steroid dienone is 1. The monoisotopic (exact) mass is 802 g/mol. The molecule has 3 heterocycles. The second-order valence-electron chi connectivity index (χ2n) is 8.50. The normalized spacial score (nSPS) is 15.2. The van der Waals surface area contributed by atoms with Gasteiger partial charge in [-0.25, -0.2) is 9.79 Å². The summed E-state index contributed by atoms with van der Waals surface area (Å²) in [6.45, 7) is 4.07. The Kier molecular flexibility index (Phi) is 8.96. The number of ether oxygens (including phenoxy) is 2. The van der Waals surface area contributed by atoms with E-state index < -0.39 is 12.0 Å². The molecule has 200 valence electrons. The average Bonchev–Trinajstić information content (AvgIpc) is 3.52. The van der Waals surface area contributed by atoms with Gasteiger partial charge in [-0.3, -0.25) is 9.36 Å². The van der Waals surface area contributed by atoms with Crippen LogP contribution in [-0.2, 0) is 16.1 Å². The van der Waals surface area contributed by atoms with Crippen LogP contribution in [0.3, 0.4) is 0 Å². The van der Waals surface area contributed by atoms with Crippen molar-refractivity contribution in [2.24, 2.45) is 4.99 Å². The minimum Gasteiger partial charge on any atom is -0.487 e. The summed E-state index contributed by atoms with van der Waals surface area (Å²) in [5, 5.41) is 2.56. The summed E-state index contributed by atoms with van der Waals surface area (Å²) in [4.78, 5) is 33.0. The molecule has 0 spiro atoms. The first-order valence-electron chi connectivity index (χ1n) is 11.9. The highest BCUT2D eigenvalue weighted by atomic mass is 127. The smallest absolute Gasteiger partial charge is 0.338 e. The highest BCUT2D eigenvalue weighted by Crippen LogP contribution is 2.34. The van der Waals surface area contributed by atoms with Crippen LogP contribution >= 0.6 is 79.5 Å². The number of carbonyl (C=O) groups excluding carboxylic acids is 1. The van der Waals surface area contributed by atoms with Crippen LogP contribution in [0, 0.1) is 7.14 Å². The van der Waals surface area contributed by atoms with Gasteiger partial charge in [-0.05, 0) is 94.8 Å². The number of carbonyl (C=O) groups is 1. The van der Waals surface area contributed by atoms with Gasteiger partial charge in [-0.15, -0.1) is 11.3 Å². The molecule has 1 aliphatic heterocycles. The summed E-state index contributed by atoms with van der Waals surface area (Å²) in [6, 6.07) is 14.8. The average molecular weight is 803 g/mol. The lowest BCUT2D eigenvalue weighted by Crippen LogP contribution is -2.39. The van der Waals surface area contributed by atoms with Gasteiger partial charge in [0.2, 0.25) is 0 Å². The van der Waals surface area contributed by atoms with E-state index in [-0.39, 0.29) is 12.2 Å². The van der Waals surface area contributed by atoms with Crippen molar-refractivity contribution < 1.29 is 14.3 Å². The van der Waals surface area contributed by atoms with Crippen molar-refractivity contribution in [1.82, 2.24) is 4.57 Å². The van der Waals surface area contributed by atoms with Crippen LogP contribution in [0.15, 0.2) is 75.0 Å². The molecule has 39 heavy (non-hydrogen) atoms. The minimum atomic E-state index is -0.602. The zero-order chi connectivity index (χ0) is 27.7. The summed E-state index contributed by atoms with van der Waals surface area (Å²) in [6.07, 6.45) is 1.84. The Bertz CT molecular complexity index is 1780. The lowest BCUT2D eigenvalue weighted by molar-refractivity contribution is -0.139. The maximum absolute atomic E-state index is 13.9. The zero-order valence-corrected chi connectivity index (χ0v) is 27.4. The largest absolute Gasteiger partial charge is 0.487 e. The second-order valence-corrected chi connectivity index (χ2v) is 13.3. The molecule has 1 aliphatic rings. The number of aromatic nitrogens is 1. The van der Waals surface area contributed by atoms with Crippen molar-refractivity contribution in [3.05, 3.63) is 113 Å². The molecule has 2 aromatic heterocycles. The second kappa shape index (κ2) is 12.2. The number of thiazole rings is 1. The maximum Gasteiger partial charge on any atom is 0.338 e. The summed E-state index contributed by atoms with van der Waals surface area (Å²) in [7, 11) is 0. The fourth-order valence-corrected chi connectivity index (χ4v) is 8.35. The molecule has 0 fully saturated rings. The van der Waals surface area contributed by atoms with Crippen molar-refractivity contribution >= 4 is 91.5 Å². The number of benzene rings is 2. The highest BCUT2D eigenvalue weighted by molar-refractivity contribution is 14.1. The molecular weight excluding hydrogens is 782 g/mol. The molecule has 2 aromatic carbocycles. The first-order valence-corrected chi connectivity index (χ1v) is 16.1. The molecule has 0 saturated carbocycles. The SMILES string of the molecule is CCOC(=O)C1=C(C)N=c2s/c(=C\c3cc(I)cc(I)c3OCc3ccccc3Cl)c(=O)n2[C@H]1c1cccs1. The van der Waals surface area contributed by atoms with E-state index in [4.69, 9.17) is 21.1 Å². The van der Waals surface area contributed by atoms with E-state index in [9.17, 15) is 9.59 Å². The van der Waals surface area contributed by atoms with E-state index in [1.54, 1.807) is 18.4 Å². The molecular formula is C28H21ClI2N2O4S2. The Morgan fingerprint density at radius 2 is 2.00 bits per heavy atom. The number of rotatable bonds is 7. The van der Waals surface area contributed by atoms with Gasteiger partial charge < -0.3 is 9.47 Å². The third-order valence-electron chi connectivity index (χ3n) is 5.98. The van der Waals surface area contributed by atoms with Gasteiger partial charge in [0.05, 0.1) is 26.0 Å². The van der Waals surface area contributed by atoms with Crippen LogP contribution in [-0.4, -0.2) is 17.1 Å². The molecule has 0 radical (unpaired) electrons. The predicted molar refractivity (Wildman–Crippen MR) is 172 cm³/mol. The number of nitrogens with zero attached hydrogens (tertiary/aromatic N) is 2. The lowest BCUT2D eigenvalue weighted by atomic mass is 10.0. The standard InChI is InChI=1S/C28H21ClI2N2O4S2/c1-3-36-27(35)23-15(2)32-28-33(24(23)21-9-6-10-38-21)26(34)22(39-28)12-17-11-18(30)13-20(31)25(17)37-14-16-7-4-5-8-19(16)29/h4-13,24H,3,14H2,1-2H3/b22-12-/t24-/m0/s1. The molecule has 1 atom stereocenters. The predicted octanol–water partition coefficient (Wildman–Crippen LogP) is 6.30. The Labute approximate surface area is 264 Å². The fraction of sp³-hybridized carbons (Fsp3) is 0.179. The molecule has 0 saturated heterocycles. The van der Waals surface area contributed by atoms with Gasteiger partial charge in [0, 0.05) is 24.6 Å². The van der Waals surface area contributed by atoms with Crippen molar-refractivity contribution in [2.45, 2.75) is 26.5 Å². The van der Waals surface area contributed by atoms with Crippen LogP contribution in [0.4, 0.5) is 0 Å². The summed E-state index contributed by atoms with van der Waals surface area (Å²) < 4.78 is 15.6. The van der Waals surface area contributed by atoms with Gasteiger partial charge in [-0.1, -0.05) is 47.2 Å². The van der Waals surface area contributed by atoms with Crippen molar-refractivity contribution in [2.75, 3.05) is 6.61 Å². The molecule has 4 aromatic rings. The minimum absolute atomic E-state index is 0.225. The molecule has 0 bridgehead atoms. The van der Waals surface area contributed by atoms with Crippen LogP contribution in [0.25, 0.3) is 6.08 Å². The van der Waals surface area contributed by atoms with Gasteiger partial charge in [0.25, 0.3) is 5.56 Å². The summed E-state index contributed by atoms with van der Waals surface area (Å²) in [5.41, 5.74) is 2.35. The molecule has 0 amide bonds. The Morgan fingerprint density at radius 3 is 2.72 bits per heavy atom. The van der Waals surface area contributed by atoms with E-state index >= 15 is 0 Å². The van der Waals surface area contributed by atoms with Gasteiger partial charge in [-0.2, -0.15) is 0 Å². The number of hydrogen-bond acceptors (Lipinski definition) is 7. The summed E-state index contributed by atoms with van der Waals surface area (Å²) in [5.74, 6) is 0.203. The Balaban J connectivity index is 1.63. The van der Waals surface area contributed by atoms with Crippen molar-refractivity contribution in [1.29, 1.82) is 0 Å². The first-order chi connectivity index (χ1) is 18.8. The van der Waals surface area contributed by atoms with E-state index in [2.05, 4.69) is 50.2 Å². The molecule has 6 nitrogen and oxygen atoms in total. The third-order valence-corrected chi connectivity index (χ3v) is 9.68. The first kappa shape index (κ1) is 28.5. The van der Waals surface area contributed by atoms with Gasteiger partial charge in [0.1, 0.15) is 18.4 Å². The number of thiophene rings is 1. The van der Waals surface area contributed by atoms with Crippen LogP contribution < -0.4 is 19.6 Å². The summed E-state index contributed by atoms with van der Waals surface area (Å²) >= 11 is 13.6. The quantitative estimate of drug-likeness (QED) is 0.163. The van der Waals surface area contributed by atoms with Crippen LogP contribution in [0.2, 0.25) is 5.02 Å². The Hall–Kier alpha value is -2.00. The Morgan fingerprint density at radius 1 is 1.21 bits per heavy atom. The molecule has 0 N–H and O–H groups in total. The van der Waals surface area contributed by atoms with Gasteiger partial charge in [0.15, 0.2) is 4.80 Å². The molecule has 0 aliphatic carbocycles. The van der Waals surface area contributed by atoms with Crippen molar-refractivity contribution in [3.63, 3.8) is 0 Å². The molecule has 0 unspecified atom stereocenters. The highest BCUT2D eigenvalue weighted by Gasteiger charge is 2.34. The van der Waals surface area contributed by atoms with Crippen LogP contribution in [0.5, 0.6) is 5.75 Å². The number of esters is 1. The molecule has 5 rings (SSSR count). The maximum atomic E-state index is 13.9. The van der Waals surface area contributed by atoms with Crippen molar-refractivity contribution in [3.8, 4) is 5.75 Å². The third kappa shape index (κ3) is 5.90.